The molecule has 0 heterocycles. The monoisotopic (exact) mass is 303 g/mol. The Hall–Kier alpha value is -1.88. The minimum atomic E-state index is -0.748. The molecular formula is C17H25N3O2. The number of amides is 2. The maximum atomic E-state index is 12.2. The number of hydrogen-bond donors (Lipinski definition) is 3. The second kappa shape index (κ2) is 6.08. The van der Waals surface area contributed by atoms with Crippen LogP contribution < -0.4 is 16.4 Å². The predicted octanol–water partition coefficient (Wildman–Crippen LogP) is 2.42. The van der Waals surface area contributed by atoms with Gasteiger partial charge in [-0.3, -0.25) is 9.59 Å². The molecule has 4 N–H and O–H groups in total. The van der Waals surface area contributed by atoms with Gasteiger partial charge >= 0.3 is 0 Å². The Balaban J connectivity index is 2.00. The highest BCUT2D eigenvalue weighted by Crippen LogP contribution is 2.28. The first kappa shape index (κ1) is 16.5. The number of carbonyl (C=O) groups excluding carboxylic acids is 2. The predicted molar refractivity (Wildman–Crippen MR) is 87.7 cm³/mol. The maximum absolute atomic E-state index is 12.2. The largest absolute Gasteiger partial charge is 0.347 e. The fraction of sp³-hybridized carbons (Fsp3) is 0.529. The van der Waals surface area contributed by atoms with Crippen LogP contribution in [0.3, 0.4) is 0 Å². The van der Waals surface area contributed by atoms with Crippen LogP contribution in [0.4, 0.5) is 5.69 Å². The SMILES string of the molecule is CC(C)(C)NC(=O)c1ccc(NC(=O)C2(N)CCCC2)cc1. The first-order valence-electron chi connectivity index (χ1n) is 7.73. The molecule has 120 valence electrons. The molecule has 22 heavy (non-hydrogen) atoms. The van der Waals surface area contributed by atoms with Crippen molar-refractivity contribution in [2.75, 3.05) is 5.32 Å². The summed E-state index contributed by atoms with van der Waals surface area (Å²) in [5.74, 6) is -0.270. The zero-order valence-electron chi connectivity index (χ0n) is 13.5. The van der Waals surface area contributed by atoms with Crippen molar-refractivity contribution in [1.29, 1.82) is 0 Å². The van der Waals surface area contributed by atoms with E-state index < -0.39 is 5.54 Å². The summed E-state index contributed by atoms with van der Waals surface area (Å²) in [5.41, 5.74) is 6.32. The van der Waals surface area contributed by atoms with E-state index >= 15 is 0 Å². The van der Waals surface area contributed by atoms with Crippen LogP contribution in [0.15, 0.2) is 24.3 Å². The van der Waals surface area contributed by atoms with E-state index in [1.165, 1.54) is 0 Å². The summed E-state index contributed by atoms with van der Waals surface area (Å²) in [7, 11) is 0. The van der Waals surface area contributed by atoms with Crippen molar-refractivity contribution >= 4 is 17.5 Å². The van der Waals surface area contributed by atoms with Crippen LogP contribution in [-0.4, -0.2) is 22.9 Å². The first-order chi connectivity index (χ1) is 10.2. The lowest BCUT2D eigenvalue weighted by molar-refractivity contribution is -0.121. The van der Waals surface area contributed by atoms with Crippen LogP contribution in [0.1, 0.15) is 56.8 Å². The van der Waals surface area contributed by atoms with Crippen molar-refractivity contribution in [2.45, 2.75) is 57.5 Å². The van der Waals surface area contributed by atoms with Crippen molar-refractivity contribution in [3.63, 3.8) is 0 Å². The normalized spacial score (nSPS) is 17.1. The lowest BCUT2D eigenvalue weighted by atomic mass is 9.98. The van der Waals surface area contributed by atoms with Gasteiger partial charge in [0.05, 0.1) is 5.54 Å². The Morgan fingerprint density at radius 2 is 1.64 bits per heavy atom. The molecule has 0 saturated heterocycles. The third kappa shape index (κ3) is 4.07. The van der Waals surface area contributed by atoms with E-state index in [1.807, 2.05) is 20.8 Å². The van der Waals surface area contributed by atoms with E-state index in [2.05, 4.69) is 10.6 Å². The Morgan fingerprint density at radius 3 is 2.14 bits per heavy atom. The standard InChI is InChI=1S/C17H25N3O2/c1-16(2,3)20-14(21)12-6-8-13(9-7-12)19-15(22)17(18)10-4-5-11-17/h6-9H,4-5,10-11,18H2,1-3H3,(H,19,22)(H,20,21). The molecule has 0 radical (unpaired) electrons. The fourth-order valence-corrected chi connectivity index (χ4v) is 2.61. The van der Waals surface area contributed by atoms with E-state index in [1.54, 1.807) is 24.3 Å². The zero-order chi connectivity index (χ0) is 16.4. The lowest BCUT2D eigenvalue weighted by Gasteiger charge is -2.22. The highest BCUT2D eigenvalue weighted by atomic mass is 16.2. The number of carbonyl (C=O) groups is 2. The van der Waals surface area contributed by atoms with Crippen LogP contribution in [0.5, 0.6) is 0 Å². The van der Waals surface area contributed by atoms with Gasteiger partial charge in [-0.1, -0.05) is 12.8 Å². The van der Waals surface area contributed by atoms with Gasteiger partial charge < -0.3 is 16.4 Å². The maximum Gasteiger partial charge on any atom is 0.251 e. The van der Waals surface area contributed by atoms with Crippen molar-refractivity contribution in [3.05, 3.63) is 29.8 Å². The van der Waals surface area contributed by atoms with Gasteiger partial charge in [0.25, 0.3) is 5.91 Å². The Kier molecular flexibility index (Phi) is 4.56. The Morgan fingerprint density at radius 1 is 1.09 bits per heavy atom. The molecule has 0 spiro atoms. The molecule has 1 aromatic rings. The summed E-state index contributed by atoms with van der Waals surface area (Å²) in [4.78, 5) is 24.3. The molecule has 1 fully saturated rings. The minimum Gasteiger partial charge on any atom is -0.347 e. The van der Waals surface area contributed by atoms with Gasteiger partial charge in [0.2, 0.25) is 5.91 Å². The van der Waals surface area contributed by atoms with Crippen molar-refractivity contribution in [1.82, 2.24) is 5.32 Å². The summed E-state index contributed by atoms with van der Waals surface area (Å²) in [6, 6.07) is 6.87. The lowest BCUT2D eigenvalue weighted by Crippen LogP contribution is -2.48. The molecule has 1 saturated carbocycles. The molecule has 5 nitrogen and oxygen atoms in total. The molecule has 5 heteroatoms. The number of hydrogen-bond acceptors (Lipinski definition) is 3. The molecule has 1 aliphatic rings. The summed E-state index contributed by atoms with van der Waals surface area (Å²) in [6.07, 6.45) is 3.45. The quantitative estimate of drug-likeness (QED) is 0.802. The molecular weight excluding hydrogens is 278 g/mol. The summed E-state index contributed by atoms with van der Waals surface area (Å²) < 4.78 is 0. The van der Waals surface area contributed by atoms with Crippen LogP contribution in [-0.2, 0) is 4.79 Å². The topological polar surface area (TPSA) is 84.2 Å². The van der Waals surface area contributed by atoms with E-state index in [9.17, 15) is 9.59 Å². The second-order valence-electron chi connectivity index (χ2n) is 7.10. The Bertz CT molecular complexity index is 552. The van der Waals surface area contributed by atoms with Gasteiger partial charge in [-0.25, -0.2) is 0 Å². The minimum absolute atomic E-state index is 0.128. The Labute approximate surface area is 131 Å². The number of anilines is 1. The van der Waals surface area contributed by atoms with Crippen LogP contribution in [0.25, 0.3) is 0 Å². The summed E-state index contributed by atoms with van der Waals surface area (Å²) >= 11 is 0. The molecule has 0 aliphatic heterocycles. The highest BCUT2D eigenvalue weighted by molar-refractivity contribution is 5.99. The molecule has 0 bridgehead atoms. The molecule has 1 aliphatic carbocycles. The number of nitrogens with two attached hydrogens (primary N) is 1. The van der Waals surface area contributed by atoms with E-state index in [0.29, 0.717) is 11.3 Å². The van der Waals surface area contributed by atoms with Gasteiger partial charge in [-0.15, -0.1) is 0 Å². The molecule has 0 aromatic heterocycles. The van der Waals surface area contributed by atoms with Crippen molar-refractivity contribution in [3.8, 4) is 0 Å². The average molecular weight is 303 g/mol. The van der Waals surface area contributed by atoms with Gasteiger partial charge in [0, 0.05) is 16.8 Å². The first-order valence-corrected chi connectivity index (χ1v) is 7.73. The van der Waals surface area contributed by atoms with Crippen LogP contribution in [0.2, 0.25) is 0 Å². The van der Waals surface area contributed by atoms with Gasteiger partial charge in [0.15, 0.2) is 0 Å². The van der Waals surface area contributed by atoms with Crippen LogP contribution in [0, 0.1) is 0 Å². The summed E-state index contributed by atoms with van der Waals surface area (Å²) in [6.45, 7) is 5.80. The molecule has 2 rings (SSSR count). The highest BCUT2D eigenvalue weighted by Gasteiger charge is 2.36. The van der Waals surface area contributed by atoms with Crippen LogP contribution >= 0.6 is 0 Å². The smallest absolute Gasteiger partial charge is 0.251 e. The number of nitrogens with one attached hydrogen (secondary N) is 2. The molecule has 0 unspecified atom stereocenters. The van der Waals surface area contributed by atoms with E-state index in [-0.39, 0.29) is 17.4 Å². The van der Waals surface area contributed by atoms with Gasteiger partial charge in [0.1, 0.15) is 0 Å². The average Bonchev–Trinajstić information content (AvgIpc) is 2.86. The molecule has 2 amide bonds. The van der Waals surface area contributed by atoms with E-state index in [0.717, 1.165) is 25.7 Å². The zero-order valence-corrected chi connectivity index (χ0v) is 13.5. The number of benzene rings is 1. The van der Waals surface area contributed by atoms with Crippen molar-refractivity contribution in [2.24, 2.45) is 5.73 Å². The molecule has 0 atom stereocenters. The summed E-state index contributed by atoms with van der Waals surface area (Å²) in [5, 5.41) is 5.74. The fourth-order valence-electron chi connectivity index (χ4n) is 2.61. The van der Waals surface area contributed by atoms with Gasteiger partial charge in [-0.05, 0) is 57.9 Å². The second-order valence-corrected chi connectivity index (χ2v) is 7.10. The number of rotatable bonds is 3. The molecule has 1 aromatic carbocycles. The van der Waals surface area contributed by atoms with Gasteiger partial charge in [-0.2, -0.15) is 0 Å². The third-order valence-corrected chi connectivity index (χ3v) is 3.84. The van der Waals surface area contributed by atoms with E-state index in [4.69, 9.17) is 5.73 Å². The van der Waals surface area contributed by atoms with Crippen molar-refractivity contribution < 1.29 is 9.59 Å². The third-order valence-electron chi connectivity index (χ3n) is 3.84.